The summed E-state index contributed by atoms with van der Waals surface area (Å²) in [6.45, 7) is 36.8. The van der Waals surface area contributed by atoms with Crippen LogP contribution in [-0.2, 0) is 42.1 Å². The van der Waals surface area contributed by atoms with E-state index in [1.54, 1.807) is 24.3 Å². The number of benzene rings is 2. The zero-order valence-corrected chi connectivity index (χ0v) is 53.8. The summed E-state index contributed by atoms with van der Waals surface area (Å²) in [6.07, 6.45) is -2.56. The van der Waals surface area contributed by atoms with E-state index in [1.807, 2.05) is 91.8 Å². The number of hydrogen-bond acceptors (Lipinski definition) is 14. The van der Waals surface area contributed by atoms with Crippen LogP contribution in [0, 0.1) is 63.2 Å². The third kappa shape index (κ3) is 9.75. The number of esters is 1. The molecular weight excluding hydrogens is 1060 g/mol. The van der Waals surface area contributed by atoms with Gasteiger partial charge < -0.3 is 47.9 Å². The van der Waals surface area contributed by atoms with Gasteiger partial charge in [-0.15, -0.1) is 0 Å². The first-order valence-electron chi connectivity index (χ1n) is 29.2. The van der Waals surface area contributed by atoms with Crippen molar-refractivity contribution in [3.8, 4) is 0 Å². The topological polar surface area (TPSA) is 194 Å². The Morgan fingerprint density at radius 1 is 0.642 bits per heavy atom. The van der Waals surface area contributed by atoms with Gasteiger partial charge >= 0.3 is 31.0 Å². The predicted molar refractivity (Wildman–Crippen MR) is 307 cm³/mol. The minimum atomic E-state index is -2.08. The molecule has 6 aliphatic carbocycles. The van der Waals surface area contributed by atoms with Gasteiger partial charge in [0.05, 0.1) is 43.2 Å². The van der Waals surface area contributed by atoms with Crippen molar-refractivity contribution in [1.82, 2.24) is 0 Å². The Balaban J connectivity index is 0.000000192. The Hall–Kier alpha value is -3.25. The van der Waals surface area contributed by atoms with Crippen molar-refractivity contribution in [1.29, 1.82) is 0 Å². The molecule has 0 amide bonds. The molecule has 2 aromatic carbocycles. The van der Waals surface area contributed by atoms with Crippen molar-refractivity contribution in [2.45, 2.75) is 207 Å². The molecule has 3 heterocycles. The molecule has 3 aliphatic heterocycles. The Labute approximate surface area is 495 Å². The monoisotopic (exact) mass is 1150 g/mol. The van der Waals surface area contributed by atoms with Crippen molar-refractivity contribution in [3.63, 3.8) is 0 Å². The third-order valence-corrected chi connectivity index (χ3v) is 23.6. The van der Waals surface area contributed by atoms with E-state index in [4.69, 9.17) is 32.5 Å². The number of rotatable bonds is 6. The summed E-state index contributed by atoms with van der Waals surface area (Å²) >= 11 is 0. The number of ether oxygens (including phenoxy) is 5. The summed E-state index contributed by atoms with van der Waals surface area (Å²) in [7, 11) is -4.06. The molecule has 0 radical (unpaired) electrons. The van der Waals surface area contributed by atoms with E-state index in [0.29, 0.717) is 24.8 Å². The van der Waals surface area contributed by atoms with Crippen molar-refractivity contribution >= 4 is 40.3 Å². The molecule has 7 fully saturated rings. The van der Waals surface area contributed by atoms with E-state index in [-0.39, 0.29) is 74.1 Å². The standard InChI is InChI=1S/C32H46O7Si.C26H40O7Si.C6H5.Li/c1-18-15-23-31(35,17-37-23)25-27(38-28(34)21-13-11-10-12-14-21)32(36)16-22(39-40(7,8)9)19(2)24(29(32,4)5)20(3)26(33)30(18,25)6;1-13-10-17-25(29,12-30-17)19-21-26(32-22(28)31-21)11-16(33-34(7,8)9)14(2)18(23(26,4)5)15(3)20(27)24(13,19)6;1-2-4-6-5-3-1;/h10-14,18,20,22-23,25,27,35-36H,15-17H2,1-9H3;13,15-17,19,21,29H,10-12H2,1-9H3;1-5H;/q;;-1;+1/t18-,20+,22-,23+,25?,27-,30+,31-,32+;13-,15+,16-,17+,19?,21-,24+,25-,26+;;/m00../s1. The fourth-order valence-electron chi connectivity index (χ4n) is 17.3. The zero-order valence-electron chi connectivity index (χ0n) is 51.8. The summed E-state index contributed by atoms with van der Waals surface area (Å²) in [6, 6.07) is 21.2. The van der Waals surface area contributed by atoms with Gasteiger partial charge in [0.25, 0.3) is 0 Å². The second-order valence-electron chi connectivity index (χ2n) is 28.8. The molecule has 18 atom stereocenters. The average Bonchev–Trinajstić information content (AvgIpc) is 2.31. The second-order valence-corrected chi connectivity index (χ2v) is 37.7. The molecule has 3 N–H and O–H groups in total. The van der Waals surface area contributed by atoms with Crippen LogP contribution >= 0.6 is 0 Å². The van der Waals surface area contributed by atoms with E-state index < -0.39 is 121 Å². The van der Waals surface area contributed by atoms with Crippen LogP contribution in [0.2, 0.25) is 39.3 Å². The van der Waals surface area contributed by atoms with Crippen molar-refractivity contribution < 1.29 is 85.9 Å². The number of carbonyl (C=O) groups is 4. The Bertz CT molecular complexity index is 2800. The minimum absolute atomic E-state index is 0. The summed E-state index contributed by atoms with van der Waals surface area (Å²) in [4.78, 5) is 55.9. The number of hydrogen-bond donors (Lipinski definition) is 3. The molecular formula is C64H91LiO14Si2. The summed E-state index contributed by atoms with van der Waals surface area (Å²) < 4.78 is 43.6. The summed E-state index contributed by atoms with van der Waals surface area (Å²) in [5.41, 5.74) is -4.74. The molecule has 440 valence electrons. The van der Waals surface area contributed by atoms with E-state index in [0.717, 1.165) is 22.3 Å². The van der Waals surface area contributed by atoms with Crippen molar-refractivity contribution in [3.05, 3.63) is 94.6 Å². The molecule has 14 nitrogen and oxygen atoms in total. The van der Waals surface area contributed by atoms with Crippen LogP contribution in [0.1, 0.15) is 119 Å². The van der Waals surface area contributed by atoms with Crippen LogP contribution < -0.4 is 18.9 Å². The van der Waals surface area contributed by atoms with Crippen LogP contribution in [0.3, 0.4) is 0 Å². The molecule has 11 rings (SSSR count). The SMILES string of the molecule is CC1=C2[C@@H](C)C(=O)[C@@]3(C)C([C@@H]4OC(=O)O[C@@]4(C[C@@H]1O[Si](C)(C)C)C2(C)C)[C@]1(O)CO[C@@H]1C[C@@H]3C.CC1=C2[C@@H](C)C(=O)[C@@]3(C)C([C@H](OC(=O)c4ccccc4)[C@](O)(C[C@@H]1O[Si](C)(C)C)C2(C)C)[C@]1(O)CO[C@@H]1C[C@@H]3C.[Li+].[c-]1ccccc1. The van der Waals surface area contributed by atoms with E-state index in [2.05, 4.69) is 73.0 Å². The number of carbonyl (C=O) groups excluding carboxylic acids is 4. The van der Waals surface area contributed by atoms with Gasteiger partial charge in [-0.25, -0.2) is 9.59 Å². The Morgan fingerprint density at radius 3 is 1.52 bits per heavy atom. The molecule has 0 aromatic heterocycles. The van der Waals surface area contributed by atoms with Gasteiger partial charge in [-0.3, -0.25) is 9.59 Å². The quantitative estimate of drug-likeness (QED) is 0.111. The summed E-state index contributed by atoms with van der Waals surface area (Å²) in [5, 5.41) is 37.3. The molecule has 4 saturated carbocycles. The van der Waals surface area contributed by atoms with E-state index in [9.17, 15) is 34.5 Å². The van der Waals surface area contributed by atoms with Gasteiger partial charge in [0.2, 0.25) is 0 Å². The molecule has 4 bridgehead atoms. The maximum Gasteiger partial charge on any atom is 1.00 e. The number of Topliss-reactive ketones (excluding diaryl/α,β-unsaturated/α-hetero) is 2. The largest absolute Gasteiger partial charge is 1.00 e. The molecule has 17 heteroatoms. The fraction of sp³-hybridized carbons (Fsp3) is 0.688. The molecule has 2 unspecified atom stereocenters. The Morgan fingerprint density at radius 2 is 1.09 bits per heavy atom. The minimum Gasteiger partial charge on any atom is -0.455 e. The molecule has 81 heavy (non-hydrogen) atoms. The first kappa shape index (κ1) is 63.8. The van der Waals surface area contributed by atoms with Crippen molar-refractivity contribution in [2.24, 2.45) is 57.2 Å². The summed E-state index contributed by atoms with van der Waals surface area (Å²) in [5.74, 6) is -3.14. The third-order valence-electron chi connectivity index (χ3n) is 21.6. The first-order chi connectivity index (χ1) is 36.9. The molecule has 2 aromatic rings. The zero-order chi connectivity index (χ0) is 59.1. The van der Waals surface area contributed by atoms with Gasteiger partial charge in [-0.1, -0.05) is 87.4 Å². The number of fused-ring (bicyclic) bond motifs is 10. The van der Waals surface area contributed by atoms with Gasteiger partial charge in [-0.2, -0.15) is 36.4 Å². The van der Waals surface area contributed by atoms with E-state index >= 15 is 0 Å². The number of ketones is 2. The van der Waals surface area contributed by atoms with Crippen LogP contribution in [0.15, 0.2) is 83.0 Å². The van der Waals surface area contributed by atoms with Gasteiger partial charge in [-0.05, 0) is 112 Å². The molecule has 1 spiro atoms. The molecule has 3 saturated heterocycles. The maximum absolute atomic E-state index is 14.8. The number of aliphatic hydroxyl groups is 3. The van der Waals surface area contributed by atoms with Crippen LogP contribution in [-0.4, -0.2) is 128 Å². The van der Waals surface area contributed by atoms with E-state index in [1.165, 1.54) is 0 Å². The fourth-order valence-corrected chi connectivity index (χ4v) is 19.5. The van der Waals surface area contributed by atoms with Crippen LogP contribution in [0.4, 0.5) is 4.79 Å². The van der Waals surface area contributed by atoms with Gasteiger partial charge in [0.15, 0.2) is 28.3 Å². The predicted octanol–water partition coefficient (Wildman–Crippen LogP) is 7.65. The van der Waals surface area contributed by atoms with Gasteiger partial charge in [0.1, 0.15) is 34.5 Å². The second kappa shape index (κ2) is 21.3. The average molecular weight is 1150 g/mol. The van der Waals surface area contributed by atoms with Crippen LogP contribution in [0.5, 0.6) is 0 Å². The van der Waals surface area contributed by atoms with Gasteiger partial charge in [0, 0.05) is 58.2 Å². The van der Waals surface area contributed by atoms with Crippen LogP contribution in [0.25, 0.3) is 0 Å². The Kier molecular flexibility index (Phi) is 16.8. The smallest absolute Gasteiger partial charge is 0.455 e. The molecule has 9 aliphatic rings. The first-order valence-corrected chi connectivity index (χ1v) is 36.1. The maximum atomic E-state index is 14.8. The normalized spacial score (nSPS) is 42.5. The van der Waals surface area contributed by atoms with Crippen molar-refractivity contribution in [2.75, 3.05) is 13.2 Å².